The third-order valence-corrected chi connectivity index (χ3v) is 7.39. The standard InChI is InChI=1S/C30H31N7O4/c1-19-7-8-21-14-25(19)41-22-6-4-5-20(13-22)18-40-26-16-37(15-24(26)32-28(38)17-36(3)30(21)39)27-10-9-23(33-34-27)29-31-11-12-35(29)2/h4-14,24,26H,15-18H2,1-3H3,(H,32,38)/t24-,26-/m0/s1. The molecule has 4 heterocycles. The number of likely N-dealkylation sites (N-methyl/N-ethyl adjacent to an activating group) is 1. The first-order valence-corrected chi connectivity index (χ1v) is 13.4. The van der Waals surface area contributed by atoms with Crippen LogP contribution in [0.25, 0.3) is 11.5 Å². The number of hydrogen-bond donors (Lipinski definition) is 1. The third-order valence-electron chi connectivity index (χ3n) is 7.39. The lowest BCUT2D eigenvalue weighted by Crippen LogP contribution is -2.48. The highest BCUT2D eigenvalue weighted by molar-refractivity contribution is 5.96. The number of nitrogens with zero attached hydrogens (tertiary/aromatic N) is 6. The Labute approximate surface area is 237 Å². The zero-order chi connectivity index (χ0) is 28.5. The number of anilines is 1. The number of imidazole rings is 1. The van der Waals surface area contributed by atoms with Crippen molar-refractivity contribution in [1.82, 2.24) is 30.0 Å². The lowest BCUT2D eigenvalue weighted by atomic mass is 10.1. The van der Waals surface area contributed by atoms with Gasteiger partial charge < -0.3 is 29.2 Å². The molecule has 2 aliphatic rings. The number of fused-ring (bicyclic) bond motifs is 5. The zero-order valence-electron chi connectivity index (χ0n) is 23.2. The molecule has 1 saturated heterocycles. The molecule has 11 nitrogen and oxygen atoms in total. The Morgan fingerprint density at radius 2 is 1.88 bits per heavy atom. The van der Waals surface area contributed by atoms with Crippen molar-refractivity contribution in [2.24, 2.45) is 7.05 Å². The Balaban J connectivity index is 1.26. The molecule has 2 atom stereocenters. The molecule has 1 N–H and O–H groups in total. The summed E-state index contributed by atoms with van der Waals surface area (Å²) in [5, 5.41) is 11.9. The largest absolute Gasteiger partial charge is 0.457 e. The number of amides is 2. The summed E-state index contributed by atoms with van der Waals surface area (Å²) in [6.45, 7) is 3.16. The molecule has 0 saturated carbocycles. The molecule has 11 heteroatoms. The molecule has 2 amide bonds. The van der Waals surface area contributed by atoms with Gasteiger partial charge in [-0.2, -0.15) is 0 Å². The molecule has 2 aromatic carbocycles. The Morgan fingerprint density at radius 3 is 2.66 bits per heavy atom. The van der Waals surface area contributed by atoms with E-state index in [0.717, 1.165) is 17.0 Å². The summed E-state index contributed by atoms with van der Waals surface area (Å²) >= 11 is 0. The molecule has 0 radical (unpaired) electrons. The predicted molar refractivity (Wildman–Crippen MR) is 152 cm³/mol. The van der Waals surface area contributed by atoms with E-state index < -0.39 is 0 Å². The van der Waals surface area contributed by atoms with E-state index in [-0.39, 0.29) is 30.5 Å². The first kappa shape index (κ1) is 26.5. The van der Waals surface area contributed by atoms with Crippen molar-refractivity contribution < 1.29 is 19.1 Å². The van der Waals surface area contributed by atoms with E-state index in [1.165, 1.54) is 4.90 Å². The highest BCUT2D eigenvalue weighted by Crippen LogP contribution is 2.28. The number of carbonyl (C=O) groups excluding carboxylic acids is 2. The van der Waals surface area contributed by atoms with Gasteiger partial charge in [-0.1, -0.05) is 18.2 Å². The molecular formula is C30H31N7O4. The average molecular weight is 554 g/mol. The van der Waals surface area contributed by atoms with Gasteiger partial charge in [0.15, 0.2) is 11.6 Å². The average Bonchev–Trinajstić information content (AvgIpc) is 3.58. The monoisotopic (exact) mass is 553 g/mol. The molecule has 4 bridgehead atoms. The van der Waals surface area contributed by atoms with Gasteiger partial charge in [-0.05, 0) is 54.4 Å². The van der Waals surface area contributed by atoms with Crippen molar-refractivity contribution in [1.29, 1.82) is 0 Å². The maximum atomic E-state index is 13.2. The molecule has 210 valence electrons. The van der Waals surface area contributed by atoms with Gasteiger partial charge in [-0.25, -0.2) is 4.98 Å². The molecule has 41 heavy (non-hydrogen) atoms. The number of carbonyl (C=O) groups is 2. The van der Waals surface area contributed by atoms with Crippen molar-refractivity contribution in [2.75, 3.05) is 31.6 Å². The predicted octanol–water partition coefficient (Wildman–Crippen LogP) is 2.95. The second-order valence-electron chi connectivity index (χ2n) is 10.5. The molecule has 0 spiro atoms. The number of ether oxygens (including phenoxy) is 2. The van der Waals surface area contributed by atoms with Crippen LogP contribution in [-0.2, 0) is 23.2 Å². The highest BCUT2D eigenvalue weighted by Gasteiger charge is 2.36. The van der Waals surface area contributed by atoms with Gasteiger partial charge in [-0.3, -0.25) is 9.59 Å². The second-order valence-corrected chi connectivity index (χ2v) is 10.5. The number of hydrogen-bond acceptors (Lipinski definition) is 8. The van der Waals surface area contributed by atoms with Gasteiger partial charge in [0.05, 0.1) is 25.3 Å². The summed E-state index contributed by atoms with van der Waals surface area (Å²) in [5.41, 5.74) is 2.95. The van der Waals surface area contributed by atoms with Gasteiger partial charge in [0.1, 0.15) is 17.2 Å². The van der Waals surface area contributed by atoms with E-state index in [2.05, 4.69) is 20.5 Å². The van der Waals surface area contributed by atoms with E-state index in [4.69, 9.17) is 9.47 Å². The maximum absolute atomic E-state index is 13.2. The summed E-state index contributed by atoms with van der Waals surface area (Å²) in [4.78, 5) is 34.1. The lowest BCUT2D eigenvalue weighted by molar-refractivity contribution is -0.123. The van der Waals surface area contributed by atoms with Crippen LogP contribution < -0.4 is 15.0 Å². The fraction of sp³-hybridized carbons (Fsp3) is 0.300. The summed E-state index contributed by atoms with van der Waals surface area (Å²) in [7, 11) is 3.52. The fourth-order valence-corrected chi connectivity index (χ4v) is 5.13. The van der Waals surface area contributed by atoms with E-state index in [0.29, 0.717) is 48.3 Å². The lowest BCUT2D eigenvalue weighted by Gasteiger charge is -2.23. The van der Waals surface area contributed by atoms with Crippen molar-refractivity contribution in [2.45, 2.75) is 25.7 Å². The fourth-order valence-electron chi connectivity index (χ4n) is 5.13. The van der Waals surface area contributed by atoms with E-state index in [1.807, 2.05) is 72.1 Å². The molecule has 4 aromatic rings. The van der Waals surface area contributed by atoms with E-state index >= 15 is 0 Å². The number of rotatable bonds is 2. The normalized spacial score (nSPS) is 19.5. The van der Waals surface area contributed by atoms with Crippen LogP contribution in [0.5, 0.6) is 11.5 Å². The minimum absolute atomic E-state index is 0.0939. The van der Waals surface area contributed by atoms with Crippen LogP contribution in [0, 0.1) is 6.92 Å². The maximum Gasteiger partial charge on any atom is 0.254 e. The van der Waals surface area contributed by atoms with Crippen LogP contribution in [0.4, 0.5) is 5.82 Å². The number of nitrogens with one attached hydrogen (secondary N) is 1. The van der Waals surface area contributed by atoms with Gasteiger partial charge in [0, 0.05) is 45.1 Å². The van der Waals surface area contributed by atoms with E-state index in [1.54, 1.807) is 25.4 Å². The van der Waals surface area contributed by atoms with Crippen LogP contribution in [0.3, 0.4) is 0 Å². The van der Waals surface area contributed by atoms with Crippen molar-refractivity contribution in [3.05, 3.63) is 83.7 Å². The Morgan fingerprint density at radius 1 is 1.00 bits per heavy atom. The van der Waals surface area contributed by atoms with Crippen LogP contribution >= 0.6 is 0 Å². The molecule has 0 unspecified atom stereocenters. The summed E-state index contributed by atoms with van der Waals surface area (Å²) < 4.78 is 14.4. The Bertz CT molecular complexity index is 1590. The van der Waals surface area contributed by atoms with Crippen LogP contribution in [0.15, 0.2) is 67.0 Å². The summed E-state index contributed by atoms with van der Waals surface area (Å²) in [6, 6.07) is 16.5. The van der Waals surface area contributed by atoms with Gasteiger partial charge in [0.2, 0.25) is 5.91 Å². The second kappa shape index (κ2) is 11.0. The highest BCUT2D eigenvalue weighted by atomic mass is 16.5. The van der Waals surface area contributed by atoms with Crippen LogP contribution in [0.1, 0.15) is 21.5 Å². The smallest absolute Gasteiger partial charge is 0.254 e. The number of benzene rings is 2. The molecule has 2 aliphatic heterocycles. The first-order chi connectivity index (χ1) is 19.8. The summed E-state index contributed by atoms with van der Waals surface area (Å²) in [5.74, 6) is 2.11. The Hall–Kier alpha value is -4.77. The van der Waals surface area contributed by atoms with Crippen molar-refractivity contribution in [3.8, 4) is 23.0 Å². The van der Waals surface area contributed by atoms with E-state index in [9.17, 15) is 9.59 Å². The number of aromatic nitrogens is 4. The zero-order valence-corrected chi connectivity index (χ0v) is 23.2. The number of aryl methyl sites for hydroxylation is 2. The van der Waals surface area contributed by atoms with Crippen molar-refractivity contribution >= 4 is 17.6 Å². The van der Waals surface area contributed by atoms with Gasteiger partial charge in [-0.15, -0.1) is 10.2 Å². The quantitative estimate of drug-likeness (QED) is 0.403. The SMILES string of the molecule is Cc1ccc2cc1Oc1cccc(c1)CO[C@H]1CN(c3ccc(-c4nccn4C)nn3)C[C@@H]1NC(=O)CN(C)C2=O. The molecular weight excluding hydrogens is 522 g/mol. The first-order valence-electron chi connectivity index (χ1n) is 13.4. The minimum Gasteiger partial charge on any atom is -0.457 e. The van der Waals surface area contributed by atoms with Crippen LogP contribution in [-0.4, -0.2) is 75.3 Å². The van der Waals surface area contributed by atoms with Crippen LogP contribution in [0.2, 0.25) is 0 Å². The Kier molecular flexibility index (Phi) is 7.10. The van der Waals surface area contributed by atoms with Gasteiger partial charge >= 0.3 is 0 Å². The summed E-state index contributed by atoms with van der Waals surface area (Å²) in [6.07, 6.45) is 3.26. The third kappa shape index (κ3) is 5.62. The molecule has 1 fully saturated rings. The molecule has 2 aromatic heterocycles. The minimum atomic E-state index is -0.319. The molecule has 6 rings (SSSR count). The van der Waals surface area contributed by atoms with Crippen molar-refractivity contribution in [3.63, 3.8) is 0 Å². The molecule has 0 aliphatic carbocycles. The van der Waals surface area contributed by atoms with Gasteiger partial charge in [0.25, 0.3) is 5.91 Å². The topological polar surface area (TPSA) is 115 Å².